The summed E-state index contributed by atoms with van der Waals surface area (Å²) < 4.78 is 10.5. The first kappa shape index (κ1) is 17.2. The van der Waals surface area contributed by atoms with Crippen LogP contribution in [0.1, 0.15) is 12.1 Å². The molecule has 2 heterocycles. The molecule has 2 rings (SSSR count). The summed E-state index contributed by atoms with van der Waals surface area (Å²) in [6.45, 7) is 8.88. The smallest absolute Gasteiger partial charge is 0.248 e. The van der Waals surface area contributed by atoms with Gasteiger partial charge in [0.05, 0.1) is 13.7 Å². The van der Waals surface area contributed by atoms with Crippen molar-refractivity contribution in [3.05, 3.63) is 24.4 Å². The molecule has 23 heavy (non-hydrogen) atoms. The molecule has 1 aromatic heterocycles. The van der Waals surface area contributed by atoms with Gasteiger partial charge in [-0.2, -0.15) is 4.98 Å². The average Bonchev–Trinajstić information content (AvgIpc) is 2.58. The molecule has 0 N–H and O–H groups in total. The Hall–Kier alpha value is -2.15. The third-order valence-corrected chi connectivity index (χ3v) is 3.64. The molecular formula is C16H24N4O3. The Kier molecular flexibility index (Phi) is 6.34. The zero-order valence-corrected chi connectivity index (χ0v) is 13.8. The highest BCUT2D eigenvalue weighted by Crippen LogP contribution is 2.16. The predicted octanol–water partition coefficient (Wildman–Crippen LogP) is 1.03. The molecule has 0 atom stereocenters. The molecule has 126 valence electrons. The molecule has 1 aliphatic heterocycles. The zero-order chi connectivity index (χ0) is 16.7. The summed E-state index contributed by atoms with van der Waals surface area (Å²) in [7, 11) is 1.59. The third-order valence-electron chi connectivity index (χ3n) is 3.64. The van der Waals surface area contributed by atoms with Gasteiger partial charge in [0.25, 0.3) is 0 Å². The van der Waals surface area contributed by atoms with E-state index in [2.05, 4.69) is 21.4 Å². The summed E-state index contributed by atoms with van der Waals surface area (Å²) in [4.78, 5) is 24.8. The van der Waals surface area contributed by atoms with E-state index in [-0.39, 0.29) is 12.5 Å². The van der Waals surface area contributed by atoms with Crippen molar-refractivity contribution < 1.29 is 14.3 Å². The lowest BCUT2D eigenvalue weighted by Gasteiger charge is -2.34. The highest BCUT2D eigenvalue weighted by molar-refractivity contribution is 5.77. The number of aryl methyl sites for hydroxylation is 1. The second-order valence-electron chi connectivity index (χ2n) is 5.35. The molecular weight excluding hydrogens is 296 g/mol. The number of methoxy groups -OCH3 is 1. The largest absolute Gasteiger partial charge is 0.481 e. The van der Waals surface area contributed by atoms with E-state index in [1.54, 1.807) is 19.3 Å². The first-order valence-electron chi connectivity index (χ1n) is 7.75. The van der Waals surface area contributed by atoms with Crippen LogP contribution in [0.5, 0.6) is 5.88 Å². The summed E-state index contributed by atoms with van der Waals surface area (Å²) in [5.74, 6) is 1.23. The van der Waals surface area contributed by atoms with E-state index in [0.29, 0.717) is 44.6 Å². The van der Waals surface area contributed by atoms with Crippen LogP contribution in [0, 0.1) is 6.92 Å². The van der Waals surface area contributed by atoms with Gasteiger partial charge in [0.1, 0.15) is 6.61 Å². The van der Waals surface area contributed by atoms with Crippen LogP contribution in [0.2, 0.25) is 0 Å². The lowest BCUT2D eigenvalue weighted by atomic mass is 10.3. The highest BCUT2D eigenvalue weighted by atomic mass is 16.5. The summed E-state index contributed by atoms with van der Waals surface area (Å²) in [6.07, 6.45) is 2.53. The van der Waals surface area contributed by atoms with Gasteiger partial charge >= 0.3 is 0 Å². The molecule has 0 unspecified atom stereocenters. The van der Waals surface area contributed by atoms with E-state index in [4.69, 9.17) is 9.47 Å². The van der Waals surface area contributed by atoms with Crippen LogP contribution in [0.15, 0.2) is 18.7 Å². The number of hydrogen-bond donors (Lipinski definition) is 0. The van der Waals surface area contributed by atoms with E-state index >= 15 is 0 Å². The van der Waals surface area contributed by atoms with Gasteiger partial charge in [0.2, 0.25) is 17.7 Å². The molecule has 0 spiro atoms. The van der Waals surface area contributed by atoms with Crippen LogP contribution in [-0.4, -0.2) is 67.3 Å². The normalized spacial score (nSPS) is 14.7. The minimum Gasteiger partial charge on any atom is -0.481 e. The van der Waals surface area contributed by atoms with E-state index in [0.717, 1.165) is 12.1 Å². The molecule has 7 heteroatoms. The Morgan fingerprint density at radius 2 is 2.09 bits per heavy atom. The van der Waals surface area contributed by atoms with Gasteiger partial charge in [-0.25, -0.2) is 4.98 Å². The first-order valence-corrected chi connectivity index (χ1v) is 7.75. The van der Waals surface area contributed by atoms with Crippen LogP contribution in [-0.2, 0) is 9.53 Å². The fourth-order valence-electron chi connectivity index (χ4n) is 2.34. The van der Waals surface area contributed by atoms with Crippen LogP contribution < -0.4 is 9.64 Å². The Balaban J connectivity index is 1.85. The van der Waals surface area contributed by atoms with E-state index in [1.165, 1.54) is 0 Å². The van der Waals surface area contributed by atoms with Gasteiger partial charge in [-0.05, 0) is 13.3 Å². The molecule has 1 amide bonds. The van der Waals surface area contributed by atoms with E-state index in [9.17, 15) is 4.79 Å². The van der Waals surface area contributed by atoms with Crippen molar-refractivity contribution in [2.75, 3.05) is 51.4 Å². The van der Waals surface area contributed by atoms with Gasteiger partial charge in [0.15, 0.2) is 0 Å². The quantitative estimate of drug-likeness (QED) is 0.552. The summed E-state index contributed by atoms with van der Waals surface area (Å²) in [6, 6.07) is 1.80. The molecule has 1 fully saturated rings. The topological polar surface area (TPSA) is 67.8 Å². The molecule has 1 aliphatic rings. The lowest BCUT2D eigenvalue weighted by Crippen LogP contribution is -2.50. The Labute approximate surface area is 136 Å². The van der Waals surface area contributed by atoms with Crippen molar-refractivity contribution in [3.63, 3.8) is 0 Å². The summed E-state index contributed by atoms with van der Waals surface area (Å²) in [5, 5.41) is 0. The number of nitrogens with zero attached hydrogens (tertiary/aromatic N) is 4. The first-order chi connectivity index (χ1) is 11.1. The molecule has 0 saturated carbocycles. The molecule has 0 bridgehead atoms. The number of rotatable bonds is 7. The number of ether oxygens (including phenoxy) is 2. The standard InChI is InChI=1S/C16H24N4O3/c1-4-5-10-23-12-15(21)19-6-8-20(9-7-19)16-17-13(2)11-14(18-16)22-3/h4,11H,1,5-10,12H2,2-3H3. The highest BCUT2D eigenvalue weighted by Gasteiger charge is 2.23. The maximum Gasteiger partial charge on any atom is 0.248 e. The number of hydrogen-bond acceptors (Lipinski definition) is 6. The van der Waals surface area contributed by atoms with Crippen LogP contribution in [0.4, 0.5) is 5.95 Å². The van der Waals surface area contributed by atoms with Crippen LogP contribution in [0.3, 0.4) is 0 Å². The fraction of sp³-hybridized carbons (Fsp3) is 0.562. The lowest BCUT2D eigenvalue weighted by molar-refractivity contribution is -0.136. The van der Waals surface area contributed by atoms with Crippen LogP contribution >= 0.6 is 0 Å². The van der Waals surface area contributed by atoms with Gasteiger partial charge < -0.3 is 19.3 Å². The Bertz CT molecular complexity index is 542. The molecule has 0 radical (unpaired) electrons. The van der Waals surface area contributed by atoms with Gasteiger partial charge in [-0.3, -0.25) is 4.79 Å². The number of amides is 1. The number of piperazine rings is 1. The number of anilines is 1. The molecule has 0 aliphatic carbocycles. The summed E-state index contributed by atoms with van der Waals surface area (Å²) >= 11 is 0. The van der Waals surface area contributed by atoms with Gasteiger partial charge in [-0.15, -0.1) is 6.58 Å². The zero-order valence-electron chi connectivity index (χ0n) is 13.8. The third kappa shape index (κ3) is 4.92. The molecule has 1 aromatic rings. The van der Waals surface area contributed by atoms with Crippen molar-refractivity contribution in [1.29, 1.82) is 0 Å². The fourth-order valence-corrected chi connectivity index (χ4v) is 2.34. The number of aromatic nitrogens is 2. The molecule has 7 nitrogen and oxygen atoms in total. The van der Waals surface area contributed by atoms with Crippen molar-refractivity contribution in [2.24, 2.45) is 0 Å². The maximum atomic E-state index is 12.1. The average molecular weight is 320 g/mol. The Morgan fingerprint density at radius 3 is 2.74 bits per heavy atom. The maximum absolute atomic E-state index is 12.1. The van der Waals surface area contributed by atoms with Crippen molar-refractivity contribution in [2.45, 2.75) is 13.3 Å². The SMILES string of the molecule is C=CCCOCC(=O)N1CCN(c2nc(C)cc(OC)n2)CC1. The van der Waals surface area contributed by atoms with Crippen molar-refractivity contribution >= 4 is 11.9 Å². The number of carbonyl (C=O) groups excluding carboxylic acids is 1. The minimum atomic E-state index is 0.0245. The molecule has 1 saturated heterocycles. The van der Waals surface area contributed by atoms with Gasteiger partial charge in [-0.1, -0.05) is 6.08 Å². The van der Waals surface area contributed by atoms with Crippen molar-refractivity contribution in [1.82, 2.24) is 14.9 Å². The van der Waals surface area contributed by atoms with E-state index in [1.807, 2.05) is 11.8 Å². The molecule has 0 aromatic carbocycles. The summed E-state index contributed by atoms with van der Waals surface area (Å²) in [5.41, 5.74) is 0.862. The van der Waals surface area contributed by atoms with Crippen LogP contribution in [0.25, 0.3) is 0 Å². The second-order valence-corrected chi connectivity index (χ2v) is 5.35. The minimum absolute atomic E-state index is 0.0245. The Morgan fingerprint density at radius 1 is 1.35 bits per heavy atom. The second kappa shape index (κ2) is 8.47. The predicted molar refractivity (Wildman–Crippen MR) is 87.7 cm³/mol. The van der Waals surface area contributed by atoms with Crippen molar-refractivity contribution in [3.8, 4) is 5.88 Å². The monoisotopic (exact) mass is 320 g/mol. The number of carbonyl (C=O) groups is 1. The van der Waals surface area contributed by atoms with E-state index < -0.39 is 0 Å². The van der Waals surface area contributed by atoms with Gasteiger partial charge in [0, 0.05) is 37.9 Å².